The van der Waals surface area contributed by atoms with Gasteiger partial charge in [0.1, 0.15) is 11.4 Å². The fourth-order valence-electron chi connectivity index (χ4n) is 4.79. The van der Waals surface area contributed by atoms with E-state index in [0.717, 1.165) is 42.3 Å². The standard InChI is InChI=1S/C25H29F5N4O2/c1-14(16-6-3-7-17(21(16)26)22(27)28)32-23(36)18-13-34(25(8-9-25)24(29)30)20(35)11-19(18)31-12-15-5-4-10-33(15)2/h3,6-7,11,13-15,22,24,31H,4-5,8-10,12H2,1-2H3,(H,32,36)/t14-,15-/m1/s1. The Bertz CT molecular complexity index is 1180. The lowest BCUT2D eigenvalue weighted by atomic mass is 10.0. The zero-order chi connectivity index (χ0) is 26.2. The number of likely N-dealkylation sites (tertiary alicyclic amines) is 1. The van der Waals surface area contributed by atoms with Crippen LogP contribution in [0.1, 0.15) is 66.6 Å². The second-order valence-electron chi connectivity index (χ2n) is 9.62. The van der Waals surface area contributed by atoms with Crippen molar-refractivity contribution in [1.29, 1.82) is 0 Å². The van der Waals surface area contributed by atoms with E-state index in [-0.39, 0.29) is 35.7 Å². The van der Waals surface area contributed by atoms with Crippen LogP contribution in [0.3, 0.4) is 0 Å². The van der Waals surface area contributed by atoms with Gasteiger partial charge >= 0.3 is 0 Å². The largest absolute Gasteiger partial charge is 0.383 e. The first kappa shape index (κ1) is 26.1. The molecule has 2 heterocycles. The van der Waals surface area contributed by atoms with Crippen molar-refractivity contribution in [2.75, 3.05) is 25.5 Å². The molecule has 11 heteroatoms. The van der Waals surface area contributed by atoms with Gasteiger partial charge in [0.15, 0.2) is 0 Å². The predicted octanol–water partition coefficient (Wildman–Crippen LogP) is 4.68. The molecular weight excluding hydrogens is 483 g/mol. The number of anilines is 1. The number of hydrogen-bond acceptors (Lipinski definition) is 4. The maximum atomic E-state index is 14.6. The molecule has 2 fully saturated rings. The third kappa shape index (κ3) is 4.98. The zero-order valence-electron chi connectivity index (χ0n) is 20.0. The molecule has 1 aliphatic carbocycles. The second kappa shape index (κ2) is 10.2. The van der Waals surface area contributed by atoms with Gasteiger partial charge in [0, 0.05) is 30.4 Å². The van der Waals surface area contributed by atoms with Crippen LogP contribution in [0.4, 0.5) is 27.6 Å². The van der Waals surface area contributed by atoms with E-state index in [9.17, 15) is 31.5 Å². The minimum absolute atomic E-state index is 0.0561. The van der Waals surface area contributed by atoms with Gasteiger partial charge in [0.2, 0.25) is 0 Å². The average Bonchev–Trinajstić information content (AvgIpc) is 3.53. The SMILES string of the molecule is C[C@@H](NC(=O)c1cn(C2(C(F)F)CC2)c(=O)cc1NC[C@H]1CCCN1C)c1cccc(C(F)F)c1F. The van der Waals surface area contributed by atoms with Crippen LogP contribution in [0, 0.1) is 5.82 Å². The Morgan fingerprint density at radius 1 is 1.19 bits per heavy atom. The Hall–Kier alpha value is -2.95. The number of nitrogens with one attached hydrogen (secondary N) is 2. The number of rotatable bonds is 9. The van der Waals surface area contributed by atoms with E-state index < -0.39 is 47.3 Å². The van der Waals surface area contributed by atoms with Crippen LogP contribution >= 0.6 is 0 Å². The summed E-state index contributed by atoms with van der Waals surface area (Å²) in [5.41, 5.74) is -3.11. The second-order valence-corrected chi connectivity index (χ2v) is 9.62. The van der Waals surface area contributed by atoms with Crippen molar-refractivity contribution < 1.29 is 26.7 Å². The lowest BCUT2D eigenvalue weighted by Gasteiger charge is -2.24. The molecule has 1 aromatic carbocycles. The van der Waals surface area contributed by atoms with Crippen LogP contribution in [-0.4, -0.2) is 48.0 Å². The molecule has 2 aromatic rings. The Morgan fingerprint density at radius 3 is 2.47 bits per heavy atom. The first-order chi connectivity index (χ1) is 17.0. The molecule has 2 aliphatic rings. The number of alkyl halides is 4. The summed E-state index contributed by atoms with van der Waals surface area (Å²) in [6.07, 6.45) is -2.55. The van der Waals surface area contributed by atoms with E-state index in [0.29, 0.717) is 6.54 Å². The molecule has 0 bridgehead atoms. The molecule has 2 N–H and O–H groups in total. The first-order valence-electron chi connectivity index (χ1n) is 11.9. The van der Waals surface area contributed by atoms with Gasteiger partial charge in [0.25, 0.3) is 24.3 Å². The number of nitrogens with zero attached hydrogens (tertiary/aromatic N) is 2. The monoisotopic (exact) mass is 512 g/mol. The van der Waals surface area contributed by atoms with Crippen LogP contribution in [0.15, 0.2) is 35.3 Å². The van der Waals surface area contributed by atoms with Crippen molar-refractivity contribution in [2.45, 2.75) is 63.1 Å². The van der Waals surface area contributed by atoms with E-state index in [4.69, 9.17) is 0 Å². The van der Waals surface area contributed by atoms with E-state index in [1.54, 1.807) is 0 Å². The van der Waals surface area contributed by atoms with Crippen LogP contribution in [0.25, 0.3) is 0 Å². The molecule has 1 amide bonds. The summed E-state index contributed by atoms with van der Waals surface area (Å²) in [5.74, 6) is -1.87. The molecule has 1 saturated carbocycles. The number of pyridine rings is 1. The molecule has 1 aromatic heterocycles. The quantitative estimate of drug-likeness (QED) is 0.479. The molecule has 0 radical (unpaired) electrons. The van der Waals surface area contributed by atoms with E-state index >= 15 is 0 Å². The average molecular weight is 513 g/mol. The van der Waals surface area contributed by atoms with Gasteiger partial charge in [-0.05, 0) is 46.2 Å². The molecule has 36 heavy (non-hydrogen) atoms. The normalized spacial score (nSPS) is 20.1. The fraction of sp³-hybridized carbons (Fsp3) is 0.520. The summed E-state index contributed by atoms with van der Waals surface area (Å²) < 4.78 is 69.3. The number of halogens is 5. The highest BCUT2D eigenvalue weighted by atomic mass is 19.3. The molecule has 6 nitrogen and oxygen atoms in total. The summed E-state index contributed by atoms with van der Waals surface area (Å²) in [6.45, 7) is 2.78. The fourth-order valence-corrected chi connectivity index (χ4v) is 4.79. The lowest BCUT2D eigenvalue weighted by Crippen LogP contribution is -2.38. The van der Waals surface area contributed by atoms with Gasteiger partial charge in [-0.1, -0.05) is 18.2 Å². The van der Waals surface area contributed by atoms with E-state index in [2.05, 4.69) is 15.5 Å². The summed E-state index contributed by atoms with van der Waals surface area (Å²) >= 11 is 0. The van der Waals surface area contributed by atoms with Gasteiger partial charge in [-0.2, -0.15) is 0 Å². The van der Waals surface area contributed by atoms with E-state index in [1.807, 2.05) is 7.05 Å². The first-order valence-corrected chi connectivity index (χ1v) is 11.9. The van der Waals surface area contributed by atoms with E-state index in [1.165, 1.54) is 19.1 Å². The van der Waals surface area contributed by atoms with Crippen LogP contribution in [-0.2, 0) is 5.54 Å². The highest BCUT2D eigenvalue weighted by Crippen LogP contribution is 2.48. The van der Waals surface area contributed by atoms with Crippen molar-refractivity contribution in [3.05, 3.63) is 63.3 Å². The van der Waals surface area contributed by atoms with Crippen molar-refractivity contribution in [1.82, 2.24) is 14.8 Å². The molecule has 2 atom stereocenters. The maximum Gasteiger partial charge on any atom is 0.266 e. The van der Waals surface area contributed by atoms with Gasteiger partial charge in [-0.15, -0.1) is 0 Å². The van der Waals surface area contributed by atoms with Gasteiger partial charge in [-0.25, -0.2) is 22.0 Å². The molecule has 0 spiro atoms. The molecule has 1 aliphatic heterocycles. The van der Waals surface area contributed by atoms with Crippen LogP contribution in [0.5, 0.6) is 0 Å². The van der Waals surface area contributed by atoms with Crippen molar-refractivity contribution >= 4 is 11.6 Å². The van der Waals surface area contributed by atoms with Crippen molar-refractivity contribution in [3.63, 3.8) is 0 Å². The molecule has 196 valence electrons. The lowest BCUT2D eigenvalue weighted by molar-refractivity contribution is 0.0648. The zero-order valence-corrected chi connectivity index (χ0v) is 20.0. The predicted molar refractivity (Wildman–Crippen MR) is 125 cm³/mol. The topological polar surface area (TPSA) is 66.4 Å². The summed E-state index contributed by atoms with van der Waals surface area (Å²) in [5, 5.41) is 5.67. The van der Waals surface area contributed by atoms with Gasteiger partial charge in [-0.3, -0.25) is 9.59 Å². The number of likely N-dealkylation sites (N-methyl/N-ethyl adjacent to an activating group) is 1. The third-order valence-electron chi connectivity index (χ3n) is 7.25. The van der Waals surface area contributed by atoms with Crippen LogP contribution in [0.2, 0.25) is 0 Å². The summed E-state index contributed by atoms with van der Waals surface area (Å²) in [6, 6.07) is 3.83. The number of carbonyl (C=O) groups is 1. The smallest absolute Gasteiger partial charge is 0.266 e. The Kier molecular flexibility index (Phi) is 7.40. The number of carbonyl (C=O) groups excluding carboxylic acids is 1. The Balaban J connectivity index is 1.65. The number of amides is 1. The minimum atomic E-state index is -3.02. The van der Waals surface area contributed by atoms with Gasteiger partial charge in [0.05, 0.1) is 22.9 Å². The van der Waals surface area contributed by atoms with Crippen molar-refractivity contribution in [2.24, 2.45) is 0 Å². The number of aromatic nitrogens is 1. The minimum Gasteiger partial charge on any atom is -0.383 e. The van der Waals surface area contributed by atoms with Gasteiger partial charge < -0.3 is 20.1 Å². The maximum absolute atomic E-state index is 14.6. The Morgan fingerprint density at radius 2 is 1.89 bits per heavy atom. The Labute approximate surface area is 205 Å². The molecule has 1 saturated heterocycles. The highest BCUT2D eigenvalue weighted by Gasteiger charge is 2.53. The number of benzene rings is 1. The summed E-state index contributed by atoms with van der Waals surface area (Å²) in [7, 11) is 1.97. The van der Waals surface area contributed by atoms with Crippen LogP contribution < -0.4 is 16.2 Å². The molecule has 0 unspecified atom stereocenters. The highest BCUT2D eigenvalue weighted by molar-refractivity contribution is 5.99. The molecular formula is C25H29F5N4O2. The third-order valence-corrected chi connectivity index (χ3v) is 7.25. The van der Waals surface area contributed by atoms with Crippen molar-refractivity contribution in [3.8, 4) is 0 Å². The molecule has 4 rings (SSSR count). The number of hydrogen-bond donors (Lipinski definition) is 2. The summed E-state index contributed by atoms with van der Waals surface area (Å²) in [4.78, 5) is 28.2.